The third kappa shape index (κ3) is 14.9. The van der Waals surface area contributed by atoms with E-state index >= 15 is 0 Å². The van der Waals surface area contributed by atoms with E-state index in [1.54, 1.807) is 12.4 Å². The quantitative estimate of drug-likeness (QED) is 0.0718. The summed E-state index contributed by atoms with van der Waals surface area (Å²) in [5.74, 6) is 1.26. The van der Waals surface area contributed by atoms with E-state index in [2.05, 4.69) is 156 Å². The van der Waals surface area contributed by atoms with Gasteiger partial charge in [-0.3, -0.25) is 4.68 Å². The molecule has 0 saturated carbocycles. The highest BCUT2D eigenvalue weighted by Crippen LogP contribution is 2.39. The fourth-order valence-corrected chi connectivity index (χ4v) is 14.0. The number of nitriles is 3. The van der Waals surface area contributed by atoms with Crippen LogP contribution in [0.4, 0.5) is 17.1 Å². The molecule has 17 rings (SSSR count). The van der Waals surface area contributed by atoms with Crippen LogP contribution < -0.4 is 29.5 Å². The molecule has 0 aliphatic carbocycles. The lowest BCUT2D eigenvalue weighted by molar-refractivity contribution is 0.0252. The first-order valence-corrected chi connectivity index (χ1v) is 35.4. The zero-order valence-electron chi connectivity index (χ0n) is 58.0. The molecule has 21 heteroatoms. The smallest absolute Gasteiger partial charge is 0.138 e. The summed E-state index contributed by atoms with van der Waals surface area (Å²) < 4.78 is 30.5. The van der Waals surface area contributed by atoms with Gasteiger partial charge in [-0.1, -0.05) is 42.5 Å². The number of benzene rings is 5. The lowest BCUT2D eigenvalue weighted by Gasteiger charge is -2.38. The number of nitrogens with one attached hydrogen (secondary N) is 4. The van der Waals surface area contributed by atoms with Crippen molar-refractivity contribution in [2.75, 3.05) is 107 Å². The highest BCUT2D eigenvalue weighted by Gasteiger charge is 2.28. The Kier molecular flexibility index (Phi) is 19.7. The molecular weight excluding hydrogens is 1290 g/mol. The van der Waals surface area contributed by atoms with Crippen molar-refractivity contribution in [2.24, 2.45) is 0 Å². The molecule has 520 valence electrons. The second kappa shape index (κ2) is 30.1. The molecule has 5 aliphatic heterocycles. The number of hydrogen-bond acceptors (Lipinski definition) is 17. The first kappa shape index (κ1) is 67.5. The highest BCUT2D eigenvalue weighted by molar-refractivity contribution is 5.99. The van der Waals surface area contributed by atoms with Gasteiger partial charge in [0.15, 0.2) is 0 Å². The Balaban J connectivity index is 0.000000125. The van der Waals surface area contributed by atoms with Gasteiger partial charge in [0.1, 0.15) is 58.9 Å². The maximum absolute atomic E-state index is 9.82. The van der Waals surface area contributed by atoms with Gasteiger partial charge < -0.3 is 63.8 Å². The molecule has 5 aromatic carbocycles. The van der Waals surface area contributed by atoms with Gasteiger partial charge in [0.05, 0.1) is 85.6 Å². The molecule has 5 fully saturated rings. The van der Waals surface area contributed by atoms with Crippen LogP contribution in [0.5, 0.6) is 11.5 Å². The normalized spacial score (nSPS) is 16.1. The van der Waals surface area contributed by atoms with Gasteiger partial charge in [0, 0.05) is 147 Å². The van der Waals surface area contributed by atoms with Crippen molar-refractivity contribution >= 4 is 50.2 Å². The van der Waals surface area contributed by atoms with E-state index in [4.69, 9.17) is 23.7 Å². The Morgan fingerprint density at radius 2 is 0.874 bits per heavy atom. The Labute approximate surface area is 597 Å². The number of nitrogens with zero attached hydrogens (tertiary/aromatic N) is 11. The van der Waals surface area contributed by atoms with Crippen LogP contribution in [-0.4, -0.2) is 155 Å². The second-order valence-corrected chi connectivity index (χ2v) is 27.6. The summed E-state index contributed by atoms with van der Waals surface area (Å²) in [4.78, 5) is 30.8. The molecule has 5 N–H and O–H groups in total. The molecule has 0 atom stereocenters. The standard InChI is InChI=1S/C29H29N5O2.C27H25N5O2.C26H27N5O2/c30-19-22-17-21(3-6-28(22)36-24-8-15-35-16-9-24)25-7-10-32-29-26(25)18-27(33-29)20-1-4-23(5-2-20)34-13-11-31-12-14-34;28-15-20-13-19(3-6-26(20)32-16-22(33)17-32)23-7-8-29-27-24(23)14-25(30-27)18-1-4-21(5-2-18)31-9-11-34-12-10-31;1-26(2,3)31-16-19(15-29-31)23-13-22-21(6-9-28-25(22)30-23)17-4-5-24(18(12-17)14-27)33-20-7-10-32-11-8-20/h1-7,10,17-18,24,31H,8-9,11-16H2,(H,32,33);1-8,13-14,22,33H,9-12,16-17H2,(H,29,30);4-6,9,12-13,15-16,20H,7-8,10-11H2,1-3H3,(H,28,30). The number of anilines is 3. The molecule has 0 spiro atoms. The third-order valence-corrected chi connectivity index (χ3v) is 19.8. The minimum absolute atomic E-state index is 0.0875. The van der Waals surface area contributed by atoms with Crippen LogP contribution in [0, 0.1) is 34.0 Å². The molecule has 0 bridgehead atoms. The number of hydrogen-bond donors (Lipinski definition) is 5. The number of H-pyrrole nitrogens is 3. The molecule has 0 radical (unpaired) electrons. The summed E-state index contributed by atoms with van der Waals surface area (Å²) in [6.45, 7) is 17.8. The first-order valence-electron chi connectivity index (χ1n) is 35.4. The van der Waals surface area contributed by atoms with Gasteiger partial charge in [0.25, 0.3) is 0 Å². The zero-order chi connectivity index (χ0) is 70.4. The summed E-state index contributed by atoms with van der Waals surface area (Å²) in [7, 11) is 0. The van der Waals surface area contributed by atoms with Gasteiger partial charge in [-0.05, 0) is 162 Å². The molecule has 21 nitrogen and oxygen atoms in total. The lowest BCUT2D eigenvalue weighted by Crippen LogP contribution is -2.51. The summed E-state index contributed by atoms with van der Waals surface area (Å²) in [5, 5.41) is 49.9. The van der Waals surface area contributed by atoms with Gasteiger partial charge in [-0.25, -0.2) is 15.0 Å². The lowest BCUT2D eigenvalue weighted by atomic mass is 9.98. The van der Waals surface area contributed by atoms with E-state index in [1.165, 1.54) is 11.4 Å². The van der Waals surface area contributed by atoms with E-state index in [0.29, 0.717) is 67.7 Å². The number of piperazine rings is 1. The molecular formula is C82H81N15O6. The van der Waals surface area contributed by atoms with Crippen molar-refractivity contribution in [3.05, 3.63) is 187 Å². The summed E-state index contributed by atoms with van der Waals surface area (Å²) in [5.41, 5.74) is 19.6. The van der Waals surface area contributed by atoms with Crippen LogP contribution >= 0.6 is 0 Å². The molecule has 12 aromatic rings. The predicted octanol–water partition coefficient (Wildman–Crippen LogP) is 13.8. The second-order valence-electron chi connectivity index (χ2n) is 27.6. The molecule has 0 unspecified atom stereocenters. The number of rotatable bonds is 13. The highest BCUT2D eigenvalue weighted by atomic mass is 16.5. The third-order valence-electron chi connectivity index (χ3n) is 19.8. The van der Waals surface area contributed by atoms with Crippen LogP contribution in [0.3, 0.4) is 0 Å². The van der Waals surface area contributed by atoms with E-state index < -0.39 is 0 Å². The SMILES string of the molecule is CC(C)(C)n1cc(-c2cc3c(-c4ccc(OC5CCOCC5)c(C#N)c4)ccnc3[nH]2)cn1.N#Cc1cc(-c2ccnc3[nH]c(-c4ccc(N5CCNCC5)cc4)cc23)ccc1OC1CCOCC1.N#Cc1cc(-c2ccnc3[nH]c(-c4ccc(N5CCOCC5)cc4)cc23)ccc1N1CC(O)C1. The van der Waals surface area contributed by atoms with E-state index in [-0.39, 0.29) is 23.9 Å². The van der Waals surface area contributed by atoms with Gasteiger partial charge >= 0.3 is 0 Å². The Morgan fingerprint density at radius 3 is 1.30 bits per heavy atom. The van der Waals surface area contributed by atoms with Crippen LogP contribution in [0.2, 0.25) is 0 Å². The number of pyridine rings is 3. The van der Waals surface area contributed by atoms with Gasteiger partial charge in [0.2, 0.25) is 0 Å². The first-order chi connectivity index (χ1) is 50.4. The van der Waals surface area contributed by atoms with Crippen molar-refractivity contribution in [3.8, 4) is 96.9 Å². The number of aromatic amines is 3. The zero-order valence-corrected chi connectivity index (χ0v) is 58.0. The van der Waals surface area contributed by atoms with Crippen LogP contribution in [0.1, 0.15) is 63.1 Å². The van der Waals surface area contributed by atoms with E-state index in [9.17, 15) is 20.9 Å². The molecule has 103 heavy (non-hydrogen) atoms. The minimum atomic E-state index is -0.313. The van der Waals surface area contributed by atoms with Crippen molar-refractivity contribution < 1.29 is 28.8 Å². The summed E-state index contributed by atoms with van der Waals surface area (Å²) in [6.07, 6.45) is 12.6. The van der Waals surface area contributed by atoms with Crippen molar-refractivity contribution in [1.82, 2.24) is 45.0 Å². The molecule has 5 saturated heterocycles. The fraction of sp³-hybridized carbons (Fsp3) is 0.305. The van der Waals surface area contributed by atoms with Gasteiger partial charge in [-0.2, -0.15) is 20.9 Å². The van der Waals surface area contributed by atoms with Gasteiger partial charge in [-0.15, -0.1) is 0 Å². The Morgan fingerprint density at radius 1 is 0.466 bits per heavy atom. The number of aliphatic hydroxyl groups excluding tert-OH is 1. The van der Waals surface area contributed by atoms with Crippen LogP contribution in [0.15, 0.2) is 171 Å². The molecule has 7 aromatic heterocycles. The Bertz CT molecular complexity index is 5120. The number of morpholine rings is 1. The molecule has 12 heterocycles. The molecule has 5 aliphatic rings. The van der Waals surface area contributed by atoms with Crippen molar-refractivity contribution in [3.63, 3.8) is 0 Å². The van der Waals surface area contributed by atoms with E-state index in [1.807, 2.05) is 101 Å². The topological polar surface area (TPSA) is 263 Å². The number of ether oxygens (including phenoxy) is 5. The monoisotopic (exact) mass is 1370 g/mol. The largest absolute Gasteiger partial charge is 0.489 e. The number of fused-ring (bicyclic) bond motifs is 3. The fourth-order valence-electron chi connectivity index (χ4n) is 14.0. The van der Waals surface area contributed by atoms with Crippen molar-refractivity contribution in [1.29, 1.82) is 15.8 Å². The maximum Gasteiger partial charge on any atom is 0.138 e. The van der Waals surface area contributed by atoms with Crippen LogP contribution in [0.25, 0.3) is 100 Å². The minimum Gasteiger partial charge on any atom is -0.489 e. The van der Waals surface area contributed by atoms with Crippen LogP contribution in [-0.2, 0) is 19.7 Å². The van der Waals surface area contributed by atoms with E-state index in [0.717, 1.165) is 184 Å². The average Bonchev–Trinajstić information content (AvgIpc) is 1.71. The number of aliphatic hydroxyl groups is 1. The van der Waals surface area contributed by atoms with Crippen molar-refractivity contribution in [2.45, 2.75) is 70.3 Å². The molecule has 0 amide bonds. The average molecular weight is 1370 g/mol. The summed E-state index contributed by atoms with van der Waals surface area (Å²) in [6, 6.07) is 54.2. The maximum atomic E-state index is 9.82. The summed E-state index contributed by atoms with van der Waals surface area (Å²) >= 11 is 0. The Hall–Kier alpha value is -11.4. The number of aromatic nitrogens is 8. The predicted molar refractivity (Wildman–Crippen MR) is 401 cm³/mol. The number of β-amino-alcohol motifs (C(OH)–C–C–N with tert-alkyl or cyclic N) is 1.